The van der Waals surface area contributed by atoms with Gasteiger partial charge in [-0.2, -0.15) is 0 Å². The molecule has 1 aromatic carbocycles. The first kappa shape index (κ1) is 15.1. The van der Waals surface area contributed by atoms with Crippen LogP contribution >= 0.6 is 31.9 Å². The van der Waals surface area contributed by atoms with Gasteiger partial charge in [0.15, 0.2) is 9.84 Å². The number of rotatable bonds is 4. The monoisotopic (exact) mass is 388 g/mol. The van der Waals surface area contributed by atoms with Crippen molar-refractivity contribution in [2.75, 3.05) is 5.75 Å². The van der Waals surface area contributed by atoms with Gasteiger partial charge in [-0.1, -0.05) is 50.9 Å². The van der Waals surface area contributed by atoms with Crippen LogP contribution in [0.1, 0.15) is 18.6 Å². The summed E-state index contributed by atoms with van der Waals surface area (Å²) in [6.07, 6.45) is -1.34. The van der Waals surface area contributed by atoms with E-state index in [0.717, 1.165) is 12.1 Å². The Morgan fingerprint density at radius 2 is 1.82 bits per heavy atom. The molecule has 0 heterocycles. The van der Waals surface area contributed by atoms with Gasteiger partial charge < -0.3 is 5.11 Å². The first-order valence-electron chi connectivity index (χ1n) is 4.76. The molecule has 1 N–H and O–H groups in total. The molecule has 0 aliphatic carbocycles. The lowest BCUT2D eigenvalue weighted by atomic mass is 10.1. The molecule has 1 atom stereocenters. The molecular weight excluding hydrogens is 379 g/mol. The van der Waals surface area contributed by atoms with E-state index in [9.17, 15) is 17.9 Å². The van der Waals surface area contributed by atoms with Crippen LogP contribution in [0.25, 0.3) is 0 Å². The highest BCUT2D eigenvalue weighted by molar-refractivity contribution is 9.28. The second-order valence-corrected chi connectivity index (χ2v) is 10.5. The molecule has 0 unspecified atom stereocenters. The van der Waals surface area contributed by atoms with Crippen molar-refractivity contribution in [3.63, 3.8) is 0 Å². The molecule has 1 rings (SSSR count). The molecule has 0 saturated heterocycles. The Morgan fingerprint density at radius 3 is 2.24 bits per heavy atom. The largest absolute Gasteiger partial charge is 0.385 e. The molecule has 17 heavy (non-hydrogen) atoms. The summed E-state index contributed by atoms with van der Waals surface area (Å²) in [7, 11) is -3.57. The van der Waals surface area contributed by atoms with Crippen LogP contribution in [0.5, 0.6) is 0 Å². The van der Waals surface area contributed by atoms with Crippen molar-refractivity contribution in [3.8, 4) is 0 Å². The highest BCUT2D eigenvalue weighted by Gasteiger charge is 2.45. The minimum absolute atomic E-state index is 0.137. The van der Waals surface area contributed by atoms with E-state index in [-0.39, 0.29) is 5.75 Å². The minimum Gasteiger partial charge on any atom is -0.385 e. The SMILES string of the molecule is CCS(=O)(=O)C(Br)(Br)[C@@H](O)c1ccc(F)cc1. The van der Waals surface area contributed by atoms with Gasteiger partial charge in [0.25, 0.3) is 0 Å². The third-order valence-electron chi connectivity index (χ3n) is 2.30. The molecule has 0 aromatic heterocycles. The summed E-state index contributed by atoms with van der Waals surface area (Å²) in [6, 6.07) is 4.99. The van der Waals surface area contributed by atoms with Gasteiger partial charge in [-0.3, -0.25) is 0 Å². The fourth-order valence-electron chi connectivity index (χ4n) is 1.20. The number of benzene rings is 1. The first-order chi connectivity index (χ1) is 7.72. The fourth-order valence-corrected chi connectivity index (χ4v) is 3.96. The maximum atomic E-state index is 12.7. The summed E-state index contributed by atoms with van der Waals surface area (Å²) in [4.78, 5) is 0. The summed E-state index contributed by atoms with van der Waals surface area (Å²) in [5, 5.41) is 10.0. The van der Waals surface area contributed by atoms with Crippen molar-refractivity contribution in [1.29, 1.82) is 0 Å². The highest BCUT2D eigenvalue weighted by atomic mass is 79.9. The number of hydrogen-bond donors (Lipinski definition) is 1. The van der Waals surface area contributed by atoms with Gasteiger partial charge in [-0.15, -0.1) is 0 Å². The predicted octanol–water partition coefficient (Wildman–Crippen LogP) is 2.74. The van der Waals surface area contributed by atoms with Gasteiger partial charge in [-0.25, -0.2) is 12.8 Å². The smallest absolute Gasteiger partial charge is 0.210 e. The second-order valence-electron chi connectivity index (χ2n) is 3.42. The molecule has 1 aromatic rings. The highest BCUT2D eigenvalue weighted by Crippen LogP contribution is 2.44. The van der Waals surface area contributed by atoms with E-state index in [0.29, 0.717) is 5.56 Å². The van der Waals surface area contributed by atoms with Crippen molar-refractivity contribution >= 4 is 41.7 Å². The topological polar surface area (TPSA) is 54.4 Å². The van der Waals surface area contributed by atoms with Crippen LogP contribution in [-0.2, 0) is 9.84 Å². The van der Waals surface area contributed by atoms with Crippen LogP contribution in [0, 0.1) is 5.82 Å². The van der Waals surface area contributed by atoms with Gasteiger partial charge in [0, 0.05) is 5.75 Å². The molecule has 3 nitrogen and oxygen atoms in total. The van der Waals surface area contributed by atoms with Gasteiger partial charge in [0.2, 0.25) is 2.57 Å². The van der Waals surface area contributed by atoms with Crippen LogP contribution in [0.4, 0.5) is 4.39 Å². The van der Waals surface area contributed by atoms with E-state index in [2.05, 4.69) is 31.9 Å². The summed E-state index contributed by atoms with van der Waals surface area (Å²) < 4.78 is 34.6. The van der Waals surface area contributed by atoms with Gasteiger partial charge in [0.1, 0.15) is 11.9 Å². The van der Waals surface area contributed by atoms with Crippen LogP contribution in [0.15, 0.2) is 24.3 Å². The number of alkyl halides is 2. The normalized spacial score (nSPS) is 14.6. The van der Waals surface area contributed by atoms with Crippen molar-refractivity contribution in [2.24, 2.45) is 0 Å². The molecule has 0 spiro atoms. The van der Waals surface area contributed by atoms with E-state index in [1.165, 1.54) is 19.1 Å². The Balaban J connectivity index is 3.12. The average molecular weight is 390 g/mol. The number of halogens is 3. The molecule has 96 valence electrons. The molecule has 0 aliphatic heterocycles. The third kappa shape index (κ3) is 3.07. The maximum Gasteiger partial charge on any atom is 0.210 e. The lowest BCUT2D eigenvalue weighted by Crippen LogP contribution is -2.33. The minimum atomic E-state index is -3.57. The van der Waals surface area contributed by atoms with Crippen molar-refractivity contribution in [1.82, 2.24) is 0 Å². The van der Waals surface area contributed by atoms with Gasteiger partial charge in [0.05, 0.1) is 0 Å². The zero-order valence-corrected chi connectivity index (χ0v) is 12.9. The van der Waals surface area contributed by atoms with Crippen molar-refractivity contribution in [2.45, 2.75) is 15.6 Å². The lowest BCUT2D eigenvalue weighted by Gasteiger charge is -2.26. The van der Waals surface area contributed by atoms with Crippen LogP contribution in [-0.4, -0.2) is 21.8 Å². The van der Waals surface area contributed by atoms with E-state index < -0.39 is 24.3 Å². The van der Waals surface area contributed by atoms with Crippen LogP contribution < -0.4 is 0 Å². The van der Waals surface area contributed by atoms with E-state index >= 15 is 0 Å². The molecule has 0 amide bonds. The Hall–Kier alpha value is 0.0200. The first-order valence-corrected chi connectivity index (χ1v) is 8.00. The fraction of sp³-hybridized carbons (Fsp3) is 0.400. The summed E-state index contributed by atoms with van der Waals surface area (Å²) in [5.41, 5.74) is 0.303. The van der Waals surface area contributed by atoms with Crippen LogP contribution in [0.2, 0.25) is 0 Å². The molecule has 7 heteroatoms. The molecule has 0 fully saturated rings. The number of aliphatic hydroxyl groups excluding tert-OH is 1. The summed E-state index contributed by atoms with van der Waals surface area (Å²) in [6.45, 7) is 1.48. The molecule has 0 bridgehead atoms. The zero-order chi connectivity index (χ0) is 13.3. The van der Waals surface area contributed by atoms with Gasteiger partial charge in [-0.05, 0) is 17.7 Å². The van der Waals surface area contributed by atoms with E-state index in [4.69, 9.17) is 0 Å². The Kier molecular flexibility index (Phi) is 4.73. The number of aliphatic hydroxyl groups is 1. The summed E-state index contributed by atoms with van der Waals surface area (Å²) >= 11 is 5.94. The lowest BCUT2D eigenvalue weighted by molar-refractivity contribution is 0.188. The Morgan fingerprint density at radius 1 is 1.35 bits per heavy atom. The van der Waals surface area contributed by atoms with Crippen molar-refractivity contribution in [3.05, 3.63) is 35.6 Å². The molecule has 0 radical (unpaired) electrons. The van der Waals surface area contributed by atoms with Gasteiger partial charge >= 0.3 is 0 Å². The predicted molar refractivity (Wildman–Crippen MR) is 71.4 cm³/mol. The average Bonchev–Trinajstić information content (AvgIpc) is 2.28. The molecule has 0 saturated carbocycles. The zero-order valence-electron chi connectivity index (χ0n) is 8.90. The van der Waals surface area contributed by atoms with Crippen LogP contribution in [0.3, 0.4) is 0 Å². The van der Waals surface area contributed by atoms with E-state index in [1.807, 2.05) is 0 Å². The van der Waals surface area contributed by atoms with E-state index in [1.54, 1.807) is 0 Å². The quantitative estimate of drug-likeness (QED) is 0.805. The van der Waals surface area contributed by atoms with Crippen molar-refractivity contribution < 1.29 is 17.9 Å². The second kappa shape index (κ2) is 5.34. The third-order valence-corrected chi connectivity index (χ3v) is 7.94. The summed E-state index contributed by atoms with van der Waals surface area (Å²) in [5.74, 6) is -0.587. The number of hydrogen-bond acceptors (Lipinski definition) is 3. The molecule has 0 aliphatic rings. The maximum absolute atomic E-state index is 12.7. The number of sulfone groups is 1. The molecular formula is C10H11Br2FO3S. The Labute approximate surface area is 116 Å². The Bertz CT molecular complexity index is 485. The standard InChI is InChI=1S/C10H11Br2FO3S/c1-2-17(15,16)10(11,12)9(14)7-3-5-8(13)6-4-7/h3-6,9,14H,2H2,1H3/t9-/m0/s1.